The van der Waals surface area contributed by atoms with Gasteiger partial charge in [0.05, 0.1) is 31.2 Å². The van der Waals surface area contributed by atoms with E-state index in [1.54, 1.807) is 28.0 Å². The molecule has 6 rings (SSSR count). The number of anilines is 1. The predicted molar refractivity (Wildman–Crippen MR) is 141 cm³/mol. The molecule has 5 aromatic rings. The van der Waals surface area contributed by atoms with Crippen LogP contribution in [0.2, 0.25) is 0 Å². The van der Waals surface area contributed by atoms with Crippen molar-refractivity contribution >= 4 is 17.0 Å². The quantitative estimate of drug-likeness (QED) is 0.250. The van der Waals surface area contributed by atoms with Crippen LogP contribution in [0.4, 0.5) is 5.82 Å². The summed E-state index contributed by atoms with van der Waals surface area (Å²) in [5.41, 5.74) is 4.21. The van der Waals surface area contributed by atoms with Gasteiger partial charge in [-0.3, -0.25) is 4.68 Å². The fourth-order valence-corrected chi connectivity index (χ4v) is 5.39. The molecule has 38 heavy (non-hydrogen) atoms. The minimum Gasteiger partial charge on any atom is -0.392 e. The average molecular weight is 512 g/mol. The number of aliphatic hydroxyl groups is 3. The van der Waals surface area contributed by atoms with Crippen LogP contribution in [-0.4, -0.2) is 63.4 Å². The molecular formula is C28H29N7O3. The number of benzene rings is 2. The maximum absolute atomic E-state index is 10.9. The van der Waals surface area contributed by atoms with Crippen LogP contribution < -0.4 is 5.32 Å². The second-order valence-electron chi connectivity index (χ2n) is 9.64. The van der Waals surface area contributed by atoms with Crippen molar-refractivity contribution in [2.45, 2.75) is 43.2 Å². The topological polar surface area (TPSA) is 134 Å². The lowest BCUT2D eigenvalue weighted by Gasteiger charge is -2.19. The Labute approximate surface area is 219 Å². The summed E-state index contributed by atoms with van der Waals surface area (Å²) in [6.45, 7) is 0.468. The van der Waals surface area contributed by atoms with Crippen molar-refractivity contribution in [3.05, 3.63) is 102 Å². The molecule has 0 aliphatic heterocycles. The molecule has 1 saturated carbocycles. The molecule has 1 aliphatic rings. The van der Waals surface area contributed by atoms with Crippen molar-refractivity contribution in [2.75, 3.05) is 11.9 Å². The van der Waals surface area contributed by atoms with Gasteiger partial charge in [-0.05, 0) is 17.5 Å². The Hall–Kier alpha value is -4.12. The van der Waals surface area contributed by atoms with Gasteiger partial charge in [-0.2, -0.15) is 5.10 Å². The van der Waals surface area contributed by atoms with Crippen LogP contribution in [0.1, 0.15) is 41.1 Å². The molecule has 4 N–H and O–H groups in total. The van der Waals surface area contributed by atoms with E-state index in [-0.39, 0.29) is 12.5 Å². The normalized spacial score (nSPS) is 21.4. The Morgan fingerprint density at radius 3 is 2.24 bits per heavy atom. The van der Waals surface area contributed by atoms with Gasteiger partial charge in [-0.25, -0.2) is 15.0 Å². The highest BCUT2D eigenvalue weighted by atomic mass is 16.3. The smallest absolute Gasteiger partial charge is 0.165 e. The number of aliphatic hydroxyl groups excluding tert-OH is 3. The highest BCUT2D eigenvalue weighted by Crippen LogP contribution is 2.39. The number of rotatable bonds is 8. The molecule has 0 amide bonds. The number of aromatic nitrogens is 6. The van der Waals surface area contributed by atoms with Crippen molar-refractivity contribution < 1.29 is 15.3 Å². The number of nitrogens with one attached hydrogen (secondary N) is 1. The molecular weight excluding hydrogens is 482 g/mol. The Bertz CT molecular complexity index is 1470. The lowest BCUT2D eigenvalue weighted by Crippen LogP contribution is -2.30. The third-order valence-electron chi connectivity index (χ3n) is 7.39. The van der Waals surface area contributed by atoms with E-state index in [1.807, 2.05) is 36.4 Å². The Morgan fingerprint density at radius 2 is 1.58 bits per heavy atom. The lowest BCUT2D eigenvalue weighted by molar-refractivity contribution is 0.00720. The largest absolute Gasteiger partial charge is 0.392 e. The minimum atomic E-state index is -1.04. The molecule has 10 nitrogen and oxygen atoms in total. The zero-order valence-corrected chi connectivity index (χ0v) is 20.6. The van der Waals surface area contributed by atoms with E-state index in [1.165, 1.54) is 17.5 Å². The van der Waals surface area contributed by atoms with Gasteiger partial charge in [0.2, 0.25) is 0 Å². The fraction of sp³-hybridized carbons (Fsp3) is 0.286. The van der Waals surface area contributed by atoms with Crippen LogP contribution in [0.15, 0.2) is 85.7 Å². The van der Waals surface area contributed by atoms with Crippen LogP contribution in [0.25, 0.3) is 11.2 Å². The fourth-order valence-electron chi connectivity index (χ4n) is 5.39. The molecule has 194 valence electrons. The first-order valence-electron chi connectivity index (χ1n) is 12.7. The third kappa shape index (κ3) is 4.43. The van der Waals surface area contributed by atoms with Crippen molar-refractivity contribution in [2.24, 2.45) is 0 Å². The Balaban J connectivity index is 1.26. The van der Waals surface area contributed by atoms with E-state index in [0.717, 1.165) is 0 Å². The van der Waals surface area contributed by atoms with E-state index in [4.69, 9.17) is 0 Å². The monoisotopic (exact) mass is 511 g/mol. The molecule has 1 fully saturated rings. The first-order chi connectivity index (χ1) is 18.6. The zero-order valence-electron chi connectivity index (χ0n) is 20.6. The van der Waals surface area contributed by atoms with Gasteiger partial charge < -0.3 is 25.2 Å². The highest BCUT2D eigenvalue weighted by Gasteiger charge is 2.44. The van der Waals surface area contributed by atoms with Gasteiger partial charge in [0.25, 0.3) is 0 Å². The first kappa shape index (κ1) is 24.2. The van der Waals surface area contributed by atoms with Crippen molar-refractivity contribution in [3.63, 3.8) is 0 Å². The maximum Gasteiger partial charge on any atom is 0.165 e. The van der Waals surface area contributed by atoms with E-state index >= 15 is 0 Å². The van der Waals surface area contributed by atoms with Gasteiger partial charge in [-0.15, -0.1) is 0 Å². The summed E-state index contributed by atoms with van der Waals surface area (Å²) in [7, 11) is 0. The molecule has 1 aliphatic carbocycles. The van der Waals surface area contributed by atoms with E-state index in [0.29, 0.717) is 35.5 Å². The summed E-state index contributed by atoms with van der Waals surface area (Å²) >= 11 is 0. The van der Waals surface area contributed by atoms with Crippen molar-refractivity contribution in [1.29, 1.82) is 0 Å². The summed E-state index contributed by atoms with van der Waals surface area (Å²) in [5.74, 6) is 0.713. The summed E-state index contributed by atoms with van der Waals surface area (Å²) in [6.07, 6.45) is 4.74. The number of hydrogen-bond acceptors (Lipinski definition) is 8. The van der Waals surface area contributed by atoms with Gasteiger partial charge in [-0.1, -0.05) is 60.7 Å². The van der Waals surface area contributed by atoms with Crippen molar-refractivity contribution in [1.82, 2.24) is 29.3 Å². The second-order valence-corrected chi connectivity index (χ2v) is 9.64. The van der Waals surface area contributed by atoms with Gasteiger partial charge in [0.1, 0.15) is 24.1 Å². The van der Waals surface area contributed by atoms with Crippen LogP contribution in [0, 0.1) is 0 Å². The summed E-state index contributed by atoms with van der Waals surface area (Å²) in [4.78, 5) is 13.5. The molecule has 3 heterocycles. The average Bonchev–Trinajstić information content (AvgIpc) is 3.68. The summed E-state index contributed by atoms with van der Waals surface area (Å²) < 4.78 is 3.41. The number of fused-ring (bicyclic) bond motifs is 1. The molecule has 2 aromatic carbocycles. The SMILES string of the molecule is OCc1cnn([C@H]2C[C@@H](n3cnc4c(NCC(c5ccccc5)c5ccccc5)ncnc43)[C@H](O)[C@@H]2O)c1. The summed E-state index contributed by atoms with van der Waals surface area (Å²) in [5, 5.41) is 38.8. The summed E-state index contributed by atoms with van der Waals surface area (Å²) in [6, 6.07) is 19.8. The van der Waals surface area contributed by atoms with Crippen LogP contribution in [0.3, 0.4) is 0 Å². The molecule has 0 spiro atoms. The molecule has 4 atom stereocenters. The van der Waals surface area contributed by atoms with E-state index in [2.05, 4.69) is 49.6 Å². The van der Waals surface area contributed by atoms with Gasteiger partial charge >= 0.3 is 0 Å². The Kier molecular flexibility index (Phi) is 6.59. The standard InChI is InChI=1S/C28H29N7O3/c36-15-18-12-33-35(14-18)23-11-22(25(37)26(23)38)34-17-32-24-27(30-16-31-28(24)34)29-13-21(19-7-3-1-4-8-19)20-9-5-2-6-10-20/h1-10,12,14,16-17,21-23,25-26,36-38H,11,13,15H2,(H,29,30,31)/t22-,23+,25+,26-/m1/s1. The number of nitrogens with zero attached hydrogens (tertiary/aromatic N) is 6. The zero-order chi connectivity index (χ0) is 26.1. The number of hydrogen-bond donors (Lipinski definition) is 4. The van der Waals surface area contributed by atoms with Gasteiger partial charge in [0, 0.05) is 24.2 Å². The van der Waals surface area contributed by atoms with Gasteiger partial charge in [0.15, 0.2) is 11.5 Å². The lowest BCUT2D eigenvalue weighted by atomic mass is 9.91. The molecule has 0 bridgehead atoms. The maximum atomic E-state index is 10.9. The molecule has 0 saturated heterocycles. The van der Waals surface area contributed by atoms with Crippen LogP contribution >= 0.6 is 0 Å². The van der Waals surface area contributed by atoms with Crippen LogP contribution in [0.5, 0.6) is 0 Å². The molecule has 0 unspecified atom stereocenters. The molecule has 10 heteroatoms. The third-order valence-corrected chi connectivity index (χ3v) is 7.39. The highest BCUT2D eigenvalue weighted by molar-refractivity contribution is 5.82. The molecule has 3 aromatic heterocycles. The predicted octanol–water partition coefficient (Wildman–Crippen LogP) is 2.67. The first-order valence-corrected chi connectivity index (χ1v) is 12.7. The molecule has 0 radical (unpaired) electrons. The minimum absolute atomic E-state index is 0.106. The number of imidazole rings is 1. The second kappa shape index (κ2) is 10.3. The van der Waals surface area contributed by atoms with E-state index in [9.17, 15) is 15.3 Å². The van der Waals surface area contributed by atoms with Crippen LogP contribution in [-0.2, 0) is 6.61 Å². The van der Waals surface area contributed by atoms with E-state index < -0.39 is 24.3 Å². The van der Waals surface area contributed by atoms with Crippen molar-refractivity contribution in [3.8, 4) is 0 Å². The Morgan fingerprint density at radius 1 is 0.895 bits per heavy atom.